The molecule has 2 heterocycles. The molecule has 0 spiro atoms. The molecule has 3 rings (SSSR count). The van der Waals surface area contributed by atoms with E-state index in [0.717, 1.165) is 25.0 Å². The number of aromatic nitrogens is 2. The number of carbonyl (C=O) groups excluding carboxylic acids is 1. The van der Waals surface area contributed by atoms with Gasteiger partial charge in [0.05, 0.1) is 17.5 Å². The van der Waals surface area contributed by atoms with Crippen molar-refractivity contribution in [3.8, 4) is 6.07 Å². The second-order valence-electron chi connectivity index (χ2n) is 7.11. The van der Waals surface area contributed by atoms with Gasteiger partial charge in [-0.3, -0.25) is 9.78 Å². The fourth-order valence-electron chi connectivity index (χ4n) is 3.33. The molecule has 1 aliphatic carbocycles. The number of rotatable bonds is 8. The van der Waals surface area contributed by atoms with Gasteiger partial charge in [-0.25, -0.2) is 9.37 Å². The summed E-state index contributed by atoms with van der Waals surface area (Å²) in [4.78, 5) is 22.6. The Labute approximate surface area is 175 Å². The second kappa shape index (κ2) is 9.46. The molecule has 0 unspecified atom stereocenters. The van der Waals surface area contributed by atoms with Gasteiger partial charge in [0.1, 0.15) is 29.9 Å². The van der Waals surface area contributed by atoms with E-state index in [1.807, 2.05) is 24.8 Å². The first-order valence-corrected chi connectivity index (χ1v) is 9.83. The Kier molecular flexibility index (Phi) is 6.75. The Morgan fingerprint density at radius 3 is 2.67 bits per heavy atom. The Balaban J connectivity index is 1.58. The van der Waals surface area contributed by atoms with Crippen molar-refractivity contribution in [2.45, 2.75) is 38.7 Å². The van der Waals surface area contributed by atoms with Crippen LogP contribution >= 0.6 is 0 Å². The van der Waals surface area contributed by atoms with Crippen LogP contribution < -0.4 is 10.2 Å². The summed E-state index contributed by atoms with van der Waals surface area (Å²) in [5, 5.41) is 11.6. The molecule has 2 aromatic rings. The molecule has 7 nitrogen and oxygen atoms in total. The summed E-state index contributed by atoms with van der Waals surface area (Å²) in [5.74, 6) is 0.00180. The van der Waals surface area contributed by atoms with Crippen molar-refractivity contribution in [2.75, 3.05) is 18.1 Å². The van der Waals surface area contributed by atoms with Crippen LogP contribution in [-0.4, -0.2) is 29.0 Å². The zero-order valence-corrected chi connectivity index (χ0v) is 17.1. The van der Waals surface area contributed by atoms with Crippen LogP contribution in [0, 0.1) is 17.1 Å². The van der Waals surface area contributed by atoms with Gasteiger partial charge in [0.25, 0.3) is 0 Å². The van der Waals surface area contributed by atoms with Gasteiger partial charge < -0.3 is 15.0 Å². The summed E-state index contributed by atoms with van der Waals surface area (Å²) in [7, 11) is 0. The van der Waals surface area contributed by atoms with E-state index < -0.39 is 11.4 Å². The van der Waals surface area contributed by atoms with Crippen LogP contribution in [0.2, 0.25) is 0 Å². The van der Waals surface area contributed by atoms with Crippen LogP contribution in [0.1, 0.15) is 44.4 Å². The van der Waals surface area contributed by atoms with E-state index in [2.05, 4.69) is 15.3 Å². The van der Waals surface area contributed by atoms with Gasteiger partial charge in [0.15, 0.2) is 0 Å². The summed E-state index contributed by atoms with van der Waals surface area (Å²) in [6.45, 7) is 4.36. The van der Waals surface area contributed by atoms with Crippen molar-refractivity contribution in [1.82, 2.24) is 15.3 Å². The van der Waals surface area contributed by atoms with Gasteiger partial charge in [-0.05, 0) is 57.4 Å². The third-order valence-electron chi connectivity index (χ3n) is 5.17. The summed E-state index contributed by atoms with van der Waals surface area (Å²) < 4.78 is 19.0. The number of hydrogen-bond donors (Lipinski definition) is 1. The molecule has 1 fully saturated rings. The molecule has 1 saturated carbocycles. The van der Waals surface area contributed by atoms with Gasteiger partial charge >= 0.3 is 0 Å². The molecule has 0 aromatic carbocycles. The van der Waals surface area contributed by atoms with Crippen LogP contribution in [0.4, 0.5) is 10.2 Å². The lowest BCUT2D eigenvalue weighted by Crippen LogP contribution is -2.41. The number of halogens is 1. The molecule has 8 heteroatoms. The first-order chi connectivity index (χ1) is 14.5. The molecule has 156 valence electrons. The SMILES string of the molecule is CCN(/C(C)=C/NC(=O)COC1(c2ccc(F)cn2)CCC1)c1ccc(C#N)cn1. The van der Waals surface area contributed by atoms with E-state index in [4.69, 9.17) is 10.00 Å². The number of carbonyl (C=O) groups is 1. The number of nitrogens with zero attached hydrogens (tertiary/aromatic N) is 4. The van der Waals surface area contributed by atoms with E-state index in [-0.39, 0.29) is 12.5 Å². The lowest BCUT2D eigenvalue weighted by Gasteiger charge is -2.40. The quantitative estimate of drug-likeness (QED) is 0.719. The normalized spacial score (nSPS) is 15.1. The number of amides is 1. The zero-order chi connectivity index (χ0) is 21.6. The van der Waals surface area contributed by atoms with Crippen molar-refractivity contribution >= 4 is 11.7 Å². The summed E-state index contributed by atoms with van der Waals surface area (Å²) in [6, 6.07) is 8.47. The molecule has 0 saturated heterocycles. The van der Waals surface area contributed by atoms with Gasteiger partial charge in [0, 0.05) is 24.6 Å². The van der Waals surface area contributed by atoms with E-state index >= 15 is 0 Å². The molecule has 0 atom stereocenters. The highest BCUT2D eigenvalue weighted by Crippen LogP contribution is 2.43. The average Bonchev–Trinajstić information content (AvgIpc) is 2.73. The monoisotopic (exact) mass is 409 g/mol. The van der Waals surface area contributed by atoms with E-state index in [0.29, 0.717) is 23.6 Å². The molecule has 1 aliphatic rings. The van der Waals surface area contributed by atoms with Crippen LogP contribution in [-0.2, 0) is 15.1 Å². The third kappa shape index (κ3) is 4.81. The maximum absolute atomic E-state index is 13.1. The predicted molar refractivity (Wildman–Crippen MR) is 110 cm³/mol. The van der Waals surface area contributed by atoms with E-state index in [1.54, 1.807) is 24.4 Å². The molecular weight excluding hydrogens is 385 g/mol. The minimum Gasteiger partial charge on any atom is -0.359 e. The van der Waals surface area contributed by atoms with Crippen molar-refractivity contribution < 1.29 is 13.9 Å². The maximum Gasteiger partial charge on any atom is 0.250 e. The van der Waals surface area contributed by atoms with Gasteiger partial charge in [0.2, 0.25) is 5.91 Å². The molecule has 1 amide bonds. The number of pyridine rings is 2. The zero-order valence-electron chi connectivity index (χ0n) is 17.1. The van der Waals surface area contributed by atoms with E-state index in [1.165, 1.54) is 18.5 Å². The largest absolute Gasteiger partial charge is 0.359 e. The van der Waals surface area contributed by atoms with Crippen LogP contribution in [0.5, 0.6) is 0 Å². The minimum absolute atomic E-state index is 0.121. The van der Waals surface area contributed by atoms with Crippen molar-refractivity contribution in [2.24, 2.45) is 0 Å². The Morgan fingerprint density at radius 2 is 2.13 bits per heavy atom. The van der Waals surface area contributed by atoms with Gasteiger partial charge in [-0.2, -0.15) is 5.26 Å². The van der Waals surface area contributed by atoms with Crippen LogP contribution in [0.25, 0.3) is 0 Å². The van der Waals surface area contributed by atoms with Gasteiger partial charge in [-0.15, -0.1) is 0 Å². The predicted octanol–water partition coefficient (Wildman–Crippen LogP) is 3.39. The van der Waals surface area contributed by atoms with Crippen molar-refractivity contribution in [1.29, 1.82) is 5.26 Å². The summed E-state index contributed by atoms with van der Waals surface area (Å²) in [6.07, 6.45) is 6.77. The first-order valence-electron chi connectivity index (χ1n) is 9.83. The third-order valence-corrected chi connectivity index (χ3v) is 5.17. The molecule has 30 heavy (non-hydrogen) atoms. The number of hydrogen-bond acceptors (Lipinski definition) is 6. The van der Waals surface area contributed by atoms with Crippen molar-refractivity contribution in [3.63, 3.8) is 0 Å². The fraction of sp³-hybridized carbons (Fsp3) is 0.364. The minimum atomic E-state index is -0.619. The highest BCUT2D eigenvalue weighted by Gasteiger charge is 2.41. The Morgan fingerprint density at radius 1 is 1.33 bits per heavy atom. The molecular formula is C22H24FN5O2. The summed E-state index contributed by atoms with van der Waals surface area (Å²) >= 11 is 0. The second-order valence-corrected chi connectivity index (χ2v) is 7.11. The lowest BCUT2D eigenvalue weighted by atomic mass is 9.77. The maximum atomic E-state index is 13.1. The highest BCUT2D eigenvalue weighted by atomic mass is 19.1. The molecule has 0 bridgehead atoms. The summed E-state index contributed by atoms with van der Waals surface area (Å²) in [5.41, 5.74) is 1.31. The number of ether oxygens (including phenoxy) is 1. The van der Waals surface area contributed by atoms with Crippen LogP contribution in [0.15, 0.2) is 48.6 Å². The lowest BCUT2D eigenvalue weighted by molar-refractivity contribution is -0.144. The number of anilines is 1. The van der Waals surface area contributed by atoms with E-state index in [9.17, 15) is 9.18 Å². The smallest absolute Gasteiger partial charge is 0.250 e. The molecule has 0 aliphatic heterocycles. The van der Waals surface area contributed by atoms with Gasteiger partial charge in [-0.1, -0.05) is 0 Å². The van der Waals surface area contributed by atoms with Crippen molar-refractivity contribution in [3.05, 3.63) is 65.6 Å². The van der Waals surface area contributed by atoms with Crippen LogP contribution in [0.3, 0.4) is 0 Å². The Hall–Kier alpha value is -3.31. The average molecular weight is 409 g/mol. The number of allylic oxidation sites excluding steroid dienone is 1. The first kappa shape index (κ1) is 21.4. The Bertz CT molecular complexity index is 947. The fourth-order valence-corrected chi connectivity index (χ4v) is 3.33. The molecule has 0 radical (unpaired) electrons. The molecule has 2 aromatic heterocycles. The topological polar surface area (TPSA) is 91.1 Å². The number of nitrogens with one attached hydrogen (secondary N) is 1. The number of nitriles is 1. The highest BCUT2D eigenvalue weighted by molar-refractivity contribution is 5.78. The molecule has 1 N–H and O–H groups in total. The standard InChI is InChI=1S/C22H24FN5O2/c1-3-28(20-8-5-17(11-24)13-26-20)16(2)12-27-21(29)15-30-22(9-4-10-22)19-7-6-18(23)14-25-19/h5-8,12-14H,3-4,9-10,15H2,1-2H3,(H,27,29)/b16-12+.